The summed E-state index contributed by atoms with van der Waals surface area (Å²) in [6.45, 7) is 13.7. The number of rotatable bonds is 6. The van der Waals surface area contributed by atoms with Gasteiger partial charge >= 0.3 is 6.09 Å². The van der Waals surface area contributed by atoms with Crippen molar-refractivity contribution in [2.45, 2.75) is 65.6 Å². The van der Waals surface area contributed by atoms with E-state index in [1.807, 2.05) is 58.6 Å². The Morgan fingerprint density at radius 2 is 1.77 bits per heavy atom. The first kappa shape index (κ1) is 24.5. The largest absolute Gasteiger partial charge is 0.444 e. The predicted octanol–water partition coefficient (Wildman–Crippen LogP) is 2.43. The molecule has 0 atom stereocenters. The van der Waals surface area contributed by atoms with Crippen molar-refractivity contribution >= 4 is 18.0 Å². The van der Waals surface area contributed by atoms with Gasteiger partial charge in [-0.3, -0.25) is 4.79 Å². The van der Waals surface area contributed by atoms with Crippen molar-refractivity contribution in [3.05, 3.63) is 35.4 Å². The Hall–Kier alpha value is -2.77. The van der Waals surface area contributed by atoms with Gasteiger partial charge in [0.1, 0.15) is 12.1 Å². The van der Waals surface area contributed by atoms with E-state index in [2.05, 4.69) is 33.1 Å². The van der Waals surface area contributed by atoms with Gasteiger partial charge in [0.05, 0.1) is 5.54 Å². The molecule has 0 spiro atoms. The molecule has 0 aliphatic carbocycles. The van der Waals surface area contributed by atoms with Crippen LogP contribution in [0.1, 0.15) is 52.7 Å². The fourth-order valence-electron chi connectivity index (χ4n) is 3.23. The number of carbonyl (C=O) groups excluding carboxylic acids is 2. The van der Waals surface area contributed by atoms with Crippen LogP contribution in [0, 0.1) is 0 Å². The quantitative estimate of drug-likeness (QED) is 0.475. The molecule has 1 aromatic carbocycles. The van der Waals surface area contributed by atoms with Gasteiger partial charge in [-0.05, 0) is 59.1 Å². The average molecular weight is 432 g/mol. The zero-order valence-electron chi connectivity index (χ0n) is 19.7. The summed E-state index contributed by atoms with van der Waals surface area (Å²) in [5.74, 6) is 0.533. The van der Waals surface area contributed by atoms with Crippen molar-refractivity contribution in [3.63, 3.8) is 0 Å². The summed E-state index contributed by atoms with van der Waals surface area (Å²) in [6.07, 6.45) is 0.399. The number of carbonyl (C=O) groups is 2. The third kappa shape index (κ3) is 8.47. The lowest BCUT2D eigenvalue weighted by atomic mass is 10.00. The lowest BCUT2D eigenvalue weighted by Gasteiger charge is -2.30. The monoisotopic (exact) mass is 431 g/mol. The van der Waals surface area contributed by atoms with Crippen molar-refractivity contribution in [1.29, 1.82) is 0 Å². The Bertz CT molecular complexity index is 799. The van der Waals surface area contributed by atoms with Crippen molar-refractivity contribution in [2.24, 2.45) is 4.99 Å². The minimum absolute atomic E-state index is 0.00199. The molecule has 0 aromatic heterocycles. The van der Waals surface area contributed by atoms with E-state index in [0.717, 1.165) is 6.42 Å². The number of guanidine groups is 1. The molecule has 0 radical (unpaired) electrons. The summed E-state index contributed by atoms with van der Waals surface area (Å²) in [5.41, 5.74) is 1.38. The van der Waals surface area contributed by atoms with Gasteiger partial charge < -0.3 is 25.6 Å². The summed E-state index contributed by atoms with van der Waals surface area (Å²) in [7, 11) is 0. The second kappa shape index (κ2) is 10.5. The van der Waals surface area contributed by atoms with Gasteiger partial charge in [0.25, 0.3) is 0 Å². The molecule has 0 saturated carbocycles. The number of ether oxygens (including phenoxy) is 1. The SMILES string of the molecule is CCNC(=NCC(=O)N1CCc2ccccc2C1)NCC(C)(C)NC(=O)OC(C)(C)C. The van der Waals surface area contributed by atoms with Crippen molar-refractivity contribution in [1.82, 2.24) is 20.9 Å². The summed E-state index contributed by atoms with van der Waals surface area (Å²) >= 11 is 0. The van der Waals surface area contributed by atoms with Crippen LogP contribution in [0.15, 0.2) is 29.3 Å². The minimum Gasteiger partial charge on any atom is -0.444 e. The van der Waals surface area contributed by atoms with Crippen molar-refractivity contribution in [2.75, 3.05) is 26.2 Å². The number of alkyl carbamates (subject to hydrolysis) is 1. The number of hydrogen-bond donors (Lipinski definition) is 3. The maximum atomic E-state index is 12.7. The maximum Gasteiger partial charge on any atom is 0.408 e. The Kier molecular flexibility index (Phi) is 8.30. The molecule has 3 N–H and O–H groups in total. The highest BCUT2D eigenvalue weighted by atomic mass is 16.6. The lowest BCUT2D eigenvalue weighted by Crippen LogP contribution is -2.54. The first-order valence-corrected chi connectivity index (χ1v) is 10.9. The topological polar surface area (TPSA) is 95.1 Å². The standard InChI is InChI=1S/C23H37N5O3/c1-7-24-20(26-16-23(5,6)27-21(30)31-22(2,3)4)25-14-19(29)28-13-12-17-10-8-9-11-18(17)15-28/h8-11H,7,12-16H2,1-6H3,(H,27,30)(H2,24,25,26). The molecule has 2 amide bonds. The lowest BCUT2D eigenvalue weighted by molar-refractivity contribution is -0.130. The number of fused-ring (bicyclic) bond motifs is 1. The number of aliphatic imine (C=N–C) groups is 1. The molecule has 1 aliphatic rings. The van der Waals surface area contributed by atoms with E-state index in [1.165, 1.54) is 11.1 Å². The van der Waals surface area contributed by atoms with E-state index in [4.69, 9.17) is 4.74 Å². The van der Waals surface area contributed by atoms with Crippen molar-refractivity contribution < 1.29 is 14.3 Å². The minimum atomic E-state index is -0.570. The van der Waals surface area contributed by atoms with Gasteiger partial charge in [0.15, 0.2) is 5.96 Å². The number of nitrogens with one attached hydrogen (secondary N) is 3. The average Bonchev–Trinajstić information content (AvgIpc) is 2.67. The number of benzene rings is 1. The Morgan fingerprint density at radius 3 is 2.42 bits per heavy atom. The van der Waals surface area contributed by atoms with E-state index < -0.39 is 17.2 Å². The van der Waals surface area contributed by atoms with Crippen LogP contribution >= 0.6 is 0 Å². The van der Waals surface area contributed by atoms with Gasteiger partial charge in [-0.2, -0.15) is 0 Å². The predicted molar refractivity (Wildman–Crippen MR) is 123 cm³/mol. The van der Waals surface area contributed by atoms with Gasteiger partial charge in [-0.15, -0.1) is 0 Å². The second-order valence-corrected chi connectivity index (χ2v) is 9.39. The molecule has 31 heavy (non-hydrogen) atoms. The van der Waals surface area contributed by atoms with Gasteiger partial charge in [0.2, 0.25) is 5.91 Å². The molecule has 0 saturated heterocycles. The third-order valence-corrected chi connectivity index (χ3v) is 4.74. The summed E-state index contributed by atoms with van der Waals surface area (Å²) in [4.78, 5) is 31.0. The summed E-state index contributed by atoms with van der Waals surface area (Å²) < 4.78 is 5.33. The third-order valence-electron chi connectivity index (χ3n) is 4.74. The van der Waals surface area contributed by atoms with Crippen LogP contribution in [-0.4, -0.2) is 60.2 Å². The molecule has 0 fully saturated rings. The van der Waals surface area contributed by atoms with Gasteiger partial charge in [-0.1, -0.05) is 24.3 Å². The summed E-state index contributed by atoms with van der Waals surface area (Å²) in [5, 5.41) is 9.20. The fraction of sp³-hybridized carbons (Fsp3) is 0.609. The summed E-state index contributed by atoms with van der Waals surface area (Å²) in [6, 6.07) is 8.23. The van der Waals surface area contributed by atoms with Crippen LogP contribution in [0.2, 0.25) is 0 Å². The van der Waals surface area contributed by atoms with E-state index >= 15 is 0 Å². The zero-order valence-corrected chi connectivity index (χ0v) is 19.7. The highest BCUT2D eigenvalue weighted by molar-refractivity contribution is 5.85. The highest BCUT2D eigenvalue weighted by Gasteiger charge is 2.25. The fourth-order valence-corrected chi connectivity index (χ4v) is 3.23. The van der Waals surface area contributed by atoms with Crippen LogP contribution < -0.4 is 16.0 Å². The molecule has 172 valence electrons. The van der Waals surface area contributed by atoms with Crippen LogP contribution in [0.5, 0.6) is 0 Å². The molecule has 0 bridgehead atoms. The number of amides is 2. The Labute approximate surface area is 185 Å². The van der Waals surface area contributed by atoms with Gasteiger partial charge in [-0.25, -0.2) is 9.79 Å². The molecular formula is C23H37N5O3. The maximum absolute atomic E-state index is 12.7. The van der Waals surface area contributed by atoms with E-state index in [9.17, 15) is 9.59 Å². The molecule has 1 aromatic rings. The van der Waals surface area contributed by atoms with Gasteiger partial charge in [0, 0.05) is 26.2 Å². The van der Waals surface area contributed by atoms with Crippen LogP contribution in [-0.2, 0) is 22.5 Å². The molecule has 8 heteroatoms. The van der Waals surface area contributed by atoms with Crippen molar-refractivity contribution in [3.8, 4) is 0 Å². The molecule has 8 nitrogen and oxygen atoms in total. The zero-order chi connectivity index (χ0) is 23.1. The Morgan fingerprint density at radius 1 is 1.10 bits per heavy atom. The first-order valence-electron chi connectivity index (χ1n) is 10.9. The number of hydrogen-bond acceptors (Lipinski definition) is 4. The first-order chi connectivity index (χ1) is 14.5. The molecule has 2 rings (SSSR count). The van der Waals surface area contributed by atoms with E-state index in [0.29, 0.717) is 32.1 Å². The highest BCUT2D eigenvalue weighted by Crippen LogP contribution is 2.18. The Balaban J connectivity index is 1.89. The van der Waals surface area contributed by atoms with Crippen LogP contribution in [0.25, 0.3) is 0 Å². The smallest absolute Gasteiger partial charge is 0.408 e. The normalized spacial score (nSPS) is 14.5. The molecular weight excluding hydrogens is 394 g/mol. The second-order valence-electron chi connectivity index (χ2n) is 9.39. The number of nitrogens with zero attached hydrogens (tertiary/aromatic N) is 2. The van der Waals surface area contributed by atoms with Crippen LogP contribution in [0.3, 0.4) is 0 Å². The molecule has 1 aliphatic heterocycles. The van der Waals surface area contributed by atoms with Crippen LogP contribution in [0.4, 0.5) is 4.79 Å². The van der Waals surface area contributed by atoms with E-state index in [-0.39, 0.29) is 12.5 Å². The molecule has 0 unspecified atom stereocenters. The molecule has 1 heterocycles. The van der Waals surface area contributed by atoms with E-state index in [1.54, 1.807) is 0 Å².